The van der Waals surface area contributed by atoms with Gasteiger partial charge in [-0.1, -0.05) is 29.8 Å². The first-order valence-electron chi connectivity index (χ1n) is 7.17. The number of carboxylic acid groups (broad SMARTS) is 1. The minimum absolute atomic E-state index is 0.192. The van der Waals surface area contributed by atoms with Gasteiger partial charge in [-0.05, 0) is 30.7 Å². The molecule has 6 heteroatoms. The van der Waals surface area contributed by atoms with E-state index in [-0.39, 0.29) is 6.42 Å². The van der Waals surface area contributed by atoms with Gasteiger partial charge in [0.05, 0.1) is 11.4 Å². The predicted octanol–water partition coefficient (Wildman–Crippen LogP) is 2.92. The lowest BCUT2D eigenvalue weighted by atomic mass is 10.1. The Labute approximate surface area is 138 Å². The molecular formula is C17H16ClN3O2. The highest BCUT2D eigenvalue weighted by Gasteiger charge is 2.20. The van der Waals surface area contributed by atoms with Crippen LogP contribution >= 0.6 is 11.6 Å². The van der Waals surface area contributed by atoms with Crippen molar-refractivity contribution in [3.05, 3.63) is 58.9 Å². The molecule has 0 spiro atoms. The van der Waals surface area contributed by atoms with E-state index >= 15 is 0 Å². The van der Waals surface area contributed by atoms with Crippen LogP contribution in [0.15, 0.2) is 42.6 Å². The van der Waals surface area contributed by atoms with Crippen LogP contribution in [-0.2, 0) is 11.2 Å². The second-order valence-corrected chi connectivity index (χ2v) is 5.93. The highest BCUT2D eigenvalue weighted by molar-refractivity contribution is 6.30. The third-order valence-electron chi connectivity index (χ3n) is 3.71. The quantitative estimate of drug-likeness (QED) is 0.771. The van der Waals surface area contributed by atoms with Crippen molar-refractivity contribution in [2.24, 2.45) is 5.73 Å². The number of rotatable bonds is 4. The maximum absolute atomic E-state index is 11.1. The van der Waals surface area contributed by atoms with Gasteiger partial charge in [0.15, 0.2) is 0 Å². The minimum Gasteiger partial charge on any atom is -0.480 e. The van der Waals surface area contributed by atoms with Gasteiger partial charge in [-0.25, -0.2) is 4.98 Å². The Kier molecular flexibility index (Phi) is 4.07. The third-order valence-corrected chi connectivity index (χ3v) is 3.97. The molecule has 1 unspecified atom stereocenters. The molecule has 1 atom stereocenters. The number of aryl methyl sites for hydroxylation is 1. The zero-order valence-corrected chi connectivity index (χ0v) is 13.3. The van der Waals surface area contributed by atoms with Gasteiger partial charge in [-0.2, -0.15) is 0 Å². The molecule has 0 aliphatic carbocycles. The fraction of sp³-hybridized carbons (Fsp3) is 0.176. The van der Waals surface area contributed by atoms with Crippen molar-refractivity contribution in [3.8, 4) is 11.3 Å². The number of imidazole rings is 1. The number of halogens is 1. The van der Waals surface area contributed by atoms with E-state index in [1.807, 2.05) is 41.8 Å². The summed E-state index contributed by atoms with van der Waals surface area (Å²) in [5.41, 5.74) is 9.94. The standard InChI is InChI=1S/C17H16ClN3O2/c1-10-2-7-15-20-16(11-3-5-12(18)6-4-11)14(21(15)9-10)8-13(19)17(22)23/h2-7,9,13H,8,19H2,1H3,(H,22,23). The van der Waals surface area contributed by atoms with E-state index in [4.69, 9.17) is 22.4 Å². The zero-order chi connectivity index (χ0) is 16.6. The molecule has 3 aromatic rings. The Morgan fingerprint density at radius 3 is 2.65 bits per heavy atom. The van der Waals surface area contributed by atoms with E-state index in [2.05, 4.69) is 4.98 Å². The lowest BCUT2D eigenvalue weighted by Crippen LogP contribution is -2.32. The zero-order valence-electron chi connectivity index (χ0n) is 12.5. The summed E-state index contributed by atoms with van der Waals surface area (Å²) in [6.07, 6.45) is 2.13. The average Bonchev–Trinajstić information content (AvgIpc) is 2.86. The Morgan fingerprint density at radius 2 is 2.00 bits per heavy atom. The van der Waals surface area contributed by atoms with Crippen molar-refractivity contribution < 1.29 is 9.90 Å². The van der Waals surface area contributed by atoms with Crippen LogP contribution in [0.1, 0.15) is 11.3 Å². The normalized spacial score (nSPS) is 12.5. The summed E-state index contributed by atoms with van der Waals surface area (Å²) in [6.45, 7) is 1.97. The number of nitrogens with zero attached hydrogens (tertiary/aromatic N) is 2. The van der Waals surface area contributed by atoms with Gasteiger partial charge in [0.2, 0.25) is 0 Å². The molecular weight excluding hydrogens is 314 g/mol. The van der Waals surface area contributed by atoms with Crippen molar-refractivity contribution in [3.63, 3.8) is 0 Å². The van der Waals surface area contributed by atoms with Crippen LogP contribution in [0.5, 0.6) is 0 Å². The number of hydrogen-bond acceptors (Lipinski definition) is 3. The van der Waals surface area contributed by atoms with Crippen LogP contribution in [0, 0.1) is 6.92 Å². The molecule has 118 valence electrons. The fourth-order valence-corrected chi connectivity index (χ4v) is 2.66. The number of fused-ring (bicyclic) bond motifs is 1. The molecule has 0 saturated carbocycles. The topological polar surface area (TPSA) is 80.6 Å². The molecule has 0 aliphatic rings. The van der Waals surface area contributed by atoms with Crippen LogP contribution in [0.25, 0.3) is 16.9 Å². The second-order valence-electron chi connectivity index (χ2n) is 5.50. The molecule has 2 aromatic heterocycles. The minimum atomic E-state index is -1.03. The molecule has 5 nitrogen and oxygen atoms in total. The number of aromatic nitrogens is 2. The van der Waals surface area contributed by atoms with E-state index in [1.54, 1.807) is 12.1 Å². The second kappa shape index (κ2) is 6.02. The Morgan fingerprint density at radius 1 is 1.30 bits per heavy atom. The number of carbonyl (C=O) groups is 1. The Hall–Kier alpha value is -2.37. The number of hydrogen-bond donors (Lipinski definition) is 2. The fourth-order valence-electron chi connectivity index (χ4n) is 2.53. The van der Waals surface area contributed by atoms with E-state index < -0.39 is 12.0 Å². The van der Waals surface area contributed by atoms with E-state index in [0.29, 0.717) is 5.02 Å². The summed E-state index contributed by atoms with van der Waals surface area (Å²) in [6, 6.07) is 10.2. The molecule has 1 aromatic carbocycles. The molecule has 0 radical (unpaired) electrons. The Balaban J connectivity index is 2.19. The first-order chi connectivity index (χ1) is 11.0. The average molecular weight is 330 g/mol. The molecule has 0 aliphatic heterocycles. The van der Waals surface area contributed by atoms with Gasteiger partial charge in [0, 0.05) is 23.2 Å². The molecule has 23 heavy (non-hydrogen) atoms. The van der Waals surface area contributed by atoms with Crippen molar-refractivity contribution in [2.45, 2.75) is 19.4 Å². The summed E-state index contributed by atoms with van der Waals surface area (Å²) in [5.74, 6) is -1.03. The summed E-state index contributed by atoms with van der Waals surface area (Å²) < 4.78 is 1.90. The van der Waals surface area contributed by atoms with E-state index in [0.717, 1.165) is 28.2 Å². The summed E-state index contributed by atoms with van der Waals surface area (Å²) in [7, 11) is 0. The summed E-state index contributed by atoms with van der Waals surface area (Å²) in [4.78, 5) is 15.8. The molecule has 0 fully saturated rings. The lowest BCUT2D eigenvalue weighted by molar-refractivity contribution is -0.138. The molecule has 0 saturated heterocycles. The van der Waals surface area contributed by atoms with Crippen LogP contribution in [0.2, 0.25) is 5.02 Å². The molecule has 0 bridgehead atoms. The van der Waals surface area contributed by atoms with E-state index in [1.165, 1.54) is 0 Å². The van der Waals surface area contributed by atoms with Crippen molar-refractivity contribution in [1.29, 1.82) is 0 Å². The number of carboxylic acids is 1. The highest BCUT2D eigenvalue weighted by Crippen LogP contribution is 2.27. The number of pyridine rings is 1. The van der Waals surface area contributed by atoms with Crippen LogP contribution in [0.3, 0.4) is 0 Å². The first kappa shape index (κ1) is 15.5. The maximum atomic E-state index is 11.1. The summed E-state index contributed by atoms with van der Waals surface area (Å²) in [5, 5.41) is 9.77. The Bertz CT molecular complexity index is 871. The largest absolute Gasteiger partial charge is 0.480 e. The SMILES string of the molecule is Cc1ccc2nc(-c3ccc(Cl)cc3)c(CC(N)C(=O)O)n2c1. The lowest BCUT2D eigenvalue weighted by Gasteiger charge is -2.09. The van der Waals surface area contributed by atoms with Crippen molar-refractivity contribution in [1.82, 2.24) is 9.38 Å². The smallest absolute Gasteiger partial charge is 0.320 e. The molecule has 3 N–H and O–H groups in total. The first-order valence-corrected chi connectivity index (χ1v) is 7.55. The highest BCUT2D eigenvalue weighted by atomic mass is 35.5. The number of nitrogens with two attached hydrogens (primary N) is 1. The predicted molar refractivity (Wildman–Crippen MR) is 89.7 cm³/mol. The third kappa shape index (κ3) is 3.06. The summed E-state index contributed by atoms with van der Waals surface area (Å²) >= 11 is 5.94. The van der Waals surface area contributed by atoms with E-state index in [9.17, 15) is 4.79 Å². The van der Waals surface area contributed by atoms with Crippen LogP contribution in [0.4, 0.5) is 0 Å². The van der Waals surface area contributed by atoms with Crippen LogP contribution < -0.4 is 5.73 Å². The van der Waals surface area contributed by atoms with Crippen molar-refractivity contribution >= 4 is 23.2 Å². The van der Waals surface area contributed by atoms with Gasteiger partial charge in [-0.3, -0.25) is 4.79 Å². The number of benzene rings is 1. The van der Waals surface area contributed by atoms with Crippen molar-refractivity contribution in [2.75, 3.05) is 0 Å². The van der Waals surface area contributed by atoms with Crippen LogP contribution in [-0.4, -0.2) is 26.5 Å². The van der Waals surface area contributed by atoms with Gasteiger partial charge in [0.1, 0.15) is 11.7 Å². The molecule has 2 heterocycles. The molecule has 3 rings (SSSR count). The monoisotopic (exact) mass is 329 g/mol. The molecule has 0 amide bonds. The number of aliphatic carboxylic acids is 1. The maximum Gasteiger partial charge on any atom is 0.320 e. The van der Waals surface area contributed by atoms with Gasteiger partial charge < -0.3 is 15.2 Å². The van der Waals surface area contributed by atoms with Gasteiger partial charge in [0.25, 0.3) is 0 Å². The van der Waals surface area contributed by atoms with Gasteiger partial charge >= 0.3 is 5.97 Å². The van der Waals surface area contributed by atoms with Gasteiger partial charge in [-0.15, -0.1) is 0 Å².